The molecule has 272 valence electrons. The van der Waals surface area contributed by atoms with E-state index in [1.54, 1.807) is 0 Å². The summed E-state index contributed by atoms with van der Waals surface area (Å²) in [6.45, 7) is 20.5. The Morgan fingerprint density at radius 2 is 1.49 bits per heavy atom. The van der Waals surface area contributed by atoms with E-state index >= 15 is 8.42 Å². The van der Waals surface area contributed by atoms with E-state index in [9.17, 15) is 4.79 Å². The lowest BCUT2D eigenvalue weighted by Crippen LogP contribution is -2.62. The lowest BCUT2D eigenvalue weighted by molar-refractivity contribution is -0.168. The summed E-state index contributed by atoms with van der Waals surface area (Å²) in [5, 5.41) is 0.930. The van der Waals surface area contributed by atoms with E-state index in [-0.39, 0.29) is 29.7 Å². The van der Waals surface area contributed by atoms with E-state index < -0.39 is 15.6 Å². The Morgan fingerprint density at radius 1 is 0.843 bits per heavy atom. The van der Waals surface area contributed by atoms with Crippen molar-refractivity contribution in [2.24, 2.45) is 0 Å². The number of amides is 1. The van der Waals surface area contributed by atoms with Crippen LogP contribution in [0.2, 0.25) is 0 Å². The quantitative estimate of drug-likeness (QED) is 0.185. The lowest BCUT2D eigenvalue weighted by atomic mass is 9.75. The van der Waals surface area contributed by atoms with Gasteiger partial charge in [0.05, 0.1) is 29.6 Å². The van der Waals surface area contributed by atoms with E-state index in [0.717, 1.165) is 65.9 Å². The fourth-order valence-corrected chi connectivity index (χ4v) is 10.7. The van der Waals surface area contributed by atoms with Crippen molar-refractivity contribution in [1.82, 2.24) is 18.7 Å². The first kappa shape index (κ1) is 35.9. The van der Waals surface area contributed by atoms with Crippen LogP contribution in [0.4, 0.5) is 0 Å². The third kappa shape index (κ3) is 6.45. The fraction of sp³-hybridized carbons (Fsp3) is 0.500. The predicted molar refractivity (Wildman–Crippen MR) is 204 cm³/mol. The third-order valence-corrected chi connectivity index (χ3v) is 13.4. The van der Waals surface area contributed by atoms with Gasteiger partial charge in [-0.3, -0.25) is 14.6 Å². The summed E-state index contributed by atoms with van der Waals surface area (Å²) in [4.78, 5) is 21.3. The van der Waals surface area contributed by atoms with Crippen LogP contribution in [0.15, 0.2) is 71.8 Å². The summed E-state index contributed by atoms with van der Waals surface area (Å²) >= 11 is 0. The first-order chi connectivity index (χ1) is 24.3. The highest BCUT2D eigenvalue weighted by Gasteiger charge is 2.50. The van der Waals surface area contributed by atoms with Gasteiger partial charge < -0.3 is 9.64 Å². The fourth-order valence-electron chi connectivity index (χ4n) is 8.59. The largest absolute Gasteiger partial charge is 0.367 e. The van der Waals surface area contributed by atoms with Gasteiger partial charge in [0, 0.05) is 50.9 Å². The minimum atomic E-state index is -3.98. The number of carbonyl (C=O) groups is 1. The molecule has 0 radical (unpaired) electrons. The summed E-state index contributed by atoms with van der Waals surface area (Å²) in [5.74, 6) is 0.453. The highest BCUT2D eigenvalue weighted by Crippen LogP contribution is 2.47. The van der Waals surface area contributed by atoms with E-state index in [0.29, 0.717) is 36.5 Å². The molecule has 2 fully saturated rings. The molecule has 0 bridgehead atoms. The summed E-state index contributed by atoms with van der Waals surface area (Å²) in [5.41, 5.74) is 6.01. The number of nitrogens with zero attached hydrogens (tertiary/aromatic N) is 4. The van der Waals surface area contributed by atoms with Gasteiger partial charge in [-0.2, -0.15) is 0 Å². The number of hydrogen-bond acceptors (Lipinski definition) is 6. The number of rotatable bonds is 9. The van der Waals surface area contributed by atoms with Crippen molar-refractivity contribution in [3.05, 3.63) is 100 Å². The average Bonchev–Trinajstić information content (AvgIpc) is 3.49. The molecule has 0 spiro atoms. The molecule has 1 amide bonds. The van der Waals surface area contributed by atoms with E-state index in [1.165, 1.54) is 9.54 Å². The standard InChI is InChI=1S/C42H54N4O4S/c1-28(2)32-22-34(29(3)4)41(35(23-32)30(5)6)51(48,49)46-26-33-24-38-42(7,36-14-11-15-37(46)40(33)36)50-21-20-45(38)39(47)27-44-18-16-43(17-19-44)25-31-12-9-8-10-13-31/h8-15,22-23,26,28-30,38H,16-21,24-25,27H2,1-7H3. The first-order valence-corrected chi connectivity index (χ1v) is 20.2. The molecule has 7 rings (SSSR count). The summed E-state index contributed by atoms with van der Waals surface area (Å²) in [6.07, 6.45) is 2.36. The van der Waals surface area contributed by atoms with Crippen LogP contribution in [0, 0.1) is 0 Å². The molecular formula is C42H54N4O4S. The minimum absolute atomic E-state index is 0.0279. The molecule has 1 aliphatic carbocycles. The Kier molecular flexibility index (Phi) is 9.71. The topological polar surface area (TPSA) is 75.1 Å². The highest BCUT2D eigenvalue weighted by atomic mass is 32.2. The maximum atomic E-state index is 15.0. The Bertz CT molecular complexity index is 2000. The molecule has 8 nitrogen and oxygen atoms in total. The van der Waals surface area contributed by atoms with Gasteiger partial charge >= 0.3 is 0 Å². The second-order valence-electron chi connectivity index (χ2n) is 15.9. The maximum Gasteiger partial charge on any atom is 0.268 e. The molecule has 2 atom stereocenters. The van der Waals surface area contributed by atoms with Crippen LogP contribution in [0.3, 0.4) is 0 Å². The number of hydrogen-bond donors (Lipinski definition) is 0. The van der Waals surface area contributed by atoms with Gasteiger partial charge in [-0.1, -0.05) is 96.1 Å². The maximum absolute atomic E-state index is 15.0. The van der Waals surface area contributed by atoms with Gasteiger partial charge in [0.15, 0.2) is 0 Å². The van der Waals surface area contributed by atoms with E-state index in [1.807, 2.05) is 29.3 Å². The number of piperazine rings is 1. The number of fused-ring (bicyclic) bond motifs is 2. The molecule has 0 saturated carbocycles. The monoisotopic (exact) mass is 710 g/mol. The second-order valence-corrected chi connectivity index (χ2v) is 17.7. The summed E-state index contributed by atoms with van der Waals surface area (Å²) < 4.78 is 38.1. The van der Waals surface area contributed by atoms with Gasteiger partial charge in [-0.15, -0.1) is 0 Å². The minimum Gasteiger partial charge on any atom is -0.367 e. The van der Waals surface area contributed by atoms with Crippen LogP contribution in [0.25, 0.3) is 10.9 Å². The van der Waals surface area contributed by atoms with Crippen molar-refractivity contribution in [2.75, 3.05) is 45.9 Å². The Morgan fingerprint density at radius 3 is 2.12 bits per heavy atom. The molecule has 0 N–H and O–H groups in total. The van der Waals surface area contributed by atoms with Crippen LogP contribution in [-0.4, -0.2) is 84.9 Å². The molecule has 3 aliphatic rings. The number of morpholine rings is 1. The molecule has 2 aliphatic heterocycles. The van der Waals surface area contributed by atoms with E-state index in [4.69, 9.17) is 4.74 Å². The lowest BCUT2D eigenvalue weighted by Gasteiger charge is -2.51. The SMILES string of the molecule is CC(C)c1cc(C(C)C)c(S(=O)(=O)n2cc3c4c(cccc42)C2(C)OCCN(C(=O)CN4CCN(Cc5ccccc5)CC4)C2C3)c(C(C)C)c1. The molecule has 9 heteroatoms. The van der Waals surface area contributed by atoms with Gasteiger partial charge in [0.2, 0.25) is 5.91 Å². The summed E-state index contributed by atoms with van der Waals surface area (Å²) in [7, 11) is -3.98. The normalized spacial score (nSPS) is 21.6. The van der Waals surface area contributed by atoms with Crippen LogP contribution in [0.5, 0.6) is 0 Å². The molecule has 1 aromatic heterocycles. The van der Waals surface area contributed by atoms with Gasteiger partial charge in [0.1, 0.15) is 5.60 Å². The first-order valence-electron chi connectivity index (χ1n) is 18.8. The molecule has 4 aromatic rings. The number of aromatic nitrogens is 1. The highest BCUT2D eigenvalue weighted by molar-refractivity contribution is 7.90. The van der Waals surface area contributed by atoms with Crippen molar-refractivity contribution in [1.29, 1.82) is 0 Å². The smallest absolute Gasteiger partial charge is 0.268 e. The van der Waals surface area contributed by atoms with E-state index in [2.05, 4.69) is 101 Å². The predicted octanol–water partition coefficient (Wildman–Crippen LogP) is 7.07. The Balaban J connectivity index is 1.19. The number of benzene rings is 3. The number of carbonyl (C=O) groups excluding carboxylic acids is 1. The second kappa shape index (κ2) is 13.8. The molecule has 3 heterocycles. The van der Waals surface area contributed by atoms with Crippen LogP contribution in [0.1, 0.15) is 99.6 Å². The Labute approximate surface area is 304 Å². The Hall–Kier alpha value is -3.50. The zero-order valence-corrected chi connectivity index (χ0v) is 32.2. The van der Waals surface area contributed by atoms with Crippen LogP contribution >= 0.6 is 0 Å². The van der Waals surface area contributed by atoms with Crippen LogP contribution < -0.4 is 0 Å². The van der Waals surface area contributed by atoms with Crippen molar-refractivity contribution >= 4 is 26.8 Å². The molecular weight excluding hydrogens is 657 g/mol. The van der Waals surface area contributed by atoms with Gasteiger partial charge in [-0.05, 0) is 70.5 Å². The third-order valence-electron chi connectivity index (χ3n) is 11.6. The van der Waals surface area contributed by atoms with Crippen molar-refractivity contribution in [3.63, 3.8) is 0 Å². The zero-order valence-electron chi connectivity index (χ0n) is 31.4. The number of ether oxygens (including phenoxy) is 1. The van der Waals surface area contributed by atoms with Crippen molar-refractivity contribution < 1.29 is 17.9 Å². The van der Waals surface area contributed by atoms with Gasteiger partial charge in [0.25, 0.3) is 10.0 Å². The van der Waals surface area contributed by atoms with Crippen molar-refractivity contribution in [2.45, 2.75) is 95.7 Å². The van der Waals surface area contributed by atoms with Gasteiger partial charge in [-0.25, -0.2) is 12.4 Å². The van der Waals surface area contributed by atoms with Crippen LogP contribution in [-0.2, 0) is 38.1 Å². The van der Waals surface area contributed by atoms with Crippen molar-refractivity contribution in [3.8, 4) is 0 Å². The molecule has 2 unspecified atom stereocenters. The molecule has 51 heavy (non-hydrogen) atoms. The molecule has 3 aromatic carbocycles. The zero-order chi connectivity index (χ0) is 36.2. The summed E-state index contributed by atoms with van der Waals surface area (Å²) in [6, 6.07) is 20.4. The molecule has 2 saturated heterocycles. The average molecular weight is 711 g/mol.